The summed E-state index contributed by atoms with van der Waals surface area (Å²) >= 11 is 0. The Balaban J connectivity index is 1.97. The fourth-order valence-electron chi connectivity index (χ4n) is 3.11. The van der Waals surface area contributed by atoms with Crippen LogP contribution in [0.4, 0.5) is 0 Å². The molecule has 0 unspecified atom stereocenters. The van der Waals surface area contributed by atoms with Gasteiger partial charge in [-0.15, -0.1) is 0 Å². The molecule has 0 aromatic carbocycles. The Morgan fingerprint density at radius 1 is 1.12 bits per heavy atom. The van der Waals surface area contributed by atoms with E-state index in [4.69, 9.17) is 9.47 Å². The van der Waals surface area contributed by atoms with Crippen molar-refractivity contribution in [3.8, 4) is 0 Å². The van der Waals surface area contributed by atoms with E-state index in [1.165, 1.54) is 0 Å². The standard InChI is InChI=1S/C13H18O3/c1-13(2)15-10-5-3-4-8-9(14)6-7-11(16-13)12(8)10/h3,5-12,14H,4H2,1-2H3/t8-,9-,10-,11+,12+/m0/s1. The maximum Gasteiger partial charge on any atom is 0.164 e. The van der Waals surface area contributed by atoms with Gasteiger partial charge >= 0.3 is 0 Å². The average molecular weight is 222 g/mol. The van der Waals surface area contributed by atoms with E-state index in [9.17, 15) is 5.11 Å². The summed E-state index contributed by atoms with van der Waals surface area (Å²) in [5, 5.41) is 9.96. The quantitative estimate of drug-likeness (QED) is 0.633. The Morgan fingerprint density at radius 3 is 2.56 bits per heavy atom. The summed E-state index contributed by atoms with van der Waals surface area (Å²) in [7, 11) is 0. The van der Waals surface area contributed by atoms with Gasteiger partial charge in [0.05, 0.1) is 18.3 Å². The molecule has 3 nitrogen and oxygen atoms in total. The Morgan fingerprint density at radius 2 is 1.81 bits per heavy atom. The first-order valence-corrected chi connectivity index (χ1v) is 5.95. The summed E-state index contributed by atoms with van der Waals surface area (Å²) in [6.45, 7) is 3.89. The summed E-state index contributed by atoms with van der Waals surface area (Å²) in [4.78, 5) is 0. The molecule has 0 aromatic heterocycles. The second-order valence-corrected chi connectivity index (χ2v) is 5.35. The zero-order valence-electron chi connectivity index (χ0n) is 9.67. The van der Waals surface area contributed by atoms with Crippen LogP contribution < -0.4 is 0 Å². The molecule has 2 aliphatic carbocycles. The molecular formula is C13H18O3. The Labute approximate surface area is 95.7 Å². The van der Waals surface area contributed by atoms with Crippen LogP contribution in [0.3, 0.4) is 0 Å². The first-order valence-electron chi connectivity index (χ1n) is 5.95. The molecule has 3 heteroatoms. The van der Waals surface area contributed by atoms with Crippen molar-refractivity contribution >= 4 is 0 Å². The van der Waals surface area contributed by atoms with E-state index in [-0.39, 0.29) is 30.1 Å². The van der Waals surface area contributed by atoms with Gasteiger partial charge in [-0.05, 0) is 20.3 Å². The first kappa shape index (κ1) is 10.5. The van der Waals surface area contributed by atoms with Crippen molar-refractivity contribution in [3.63, 3.8) is 0 Å². The fourth-order valence-corrected chi connectivity index (χ4v) is 3.11. The lowest BCUT2D eigenvalue weighted by Gasteiger charge is -2.50. The largest absolute Gasteiger partial charge is 0.389 e. The molecule has 3 aliphatic rings. The molecule has 0 saturated carbocycles. The predicted octanol–water partition coefficient (Wildman–Crippen LogP) is 1.63. The highest BCUT2D eigenvalue weighted by Gasteiger charge is 2.48. The molecule has 1 saturated heterocycles. The molecule has 88 valence electrons. The van der Waals surface area contributed by atoms with Gasteiger partial charge in [0.25, 0.3) is 0 Å². The minimum Gasteiger partial charge on any atom is -0.389 e. The molecule has 1 fully saturated rings. The SMILES string of the molecule is CC1(C)O[C@H]2C=CC[C@@H]3[C@H]2[C@@H](C=C[C@@H]3O)O1. The van der Waals surface area contributed by atoms with E-state index in [0.717, 1.165) is 6.42 Å². The lowest BCUT2D eigenvalue weighted by Crippen LogP contribution is -2.56. The third kappa shape index (κ3) is 1.54. The van der Waals surface area contributed by atoms with Crippen molar-refractivity contribution in [2.75, 3.05) is 0 Å². The molecule has 3 rings (SSSR count). The van der Waals surface area contributed by atoms with Crippen molar-refractivity contribution in [2.45, 2.75) is 44.4 Å². The minimum absolute atomic E-state index is 0.0760. The van der Waals surface area contributed by atoms with Gasteiger partial charge in [-0.2, -0.15) is 0 Å². The van der Waals surface area contributed by atoms with E-state index in [2.05, 4.69) is 12.2 Å². The van der Waals surface area contributed by atoms with Crippen LogP contribution in [-0.4, -0.2) is 29.2 Å². The number of allylic oxidation sites excluding steroid dienone is 1. The topological polar surface area (TPSA) is 38.7 Å². The van der Waals surface area contributed by atoms with Gasteiger partial charge < -0.3 is 14.6 Å². The third-order valence-corrected chi connectivity index (χ3v) is 3.76. The molecule has 0 radical (unpaired) electrons. The second-order valence-electron chi connectivity index (χ2n) is 5.35. The monoisotopic (exact) mass is 222 g/mol. The number of hydrogen-bond acceptors (Lipinski definition) is 3. The van der Waals surface area contributed by atoms with Gasteiger partial charge in [0.2, 0.25) is 0 Å². The zero-order valence-corrected chi connectivity index (χ0v) is 9.67. The normalized spacial score (nSPS) is 48.8. The number of aliphatic hydroxyl groups is 1. The first-order chi connectivity index (χ1) is 7.57. The smallest absolute Gasteiger partial charge is 0.164 e. The van der Waals surface area contributed by atoms with Crippen molar-refractivity contribution in [3.05, 3.63) is 24.3 Å². The summed E-state index contributed by atoms with van der Waals surface area (Å²) < 4.78 is 11.8. The Hall–Kier alpha value is -0.640. The second kappa shape index (κ2) is 3.42. The van der Waals surface area contributed by atoms with Crippen molar-refractivity contribution in [1.29, 1.82) is 0 Å². The van der Waals surface area contributed by atoms with Crippen LogP contribution in [0, 0.1) is 11.8 Å². The predicted molar refractivity (Wildman–Crippen MR) is 59.7 cm³/mol. The average Bonchev–Trinajstić information content (AvgIpc) is 2.21. The Kier molecular flexibility index (Phi) is 2.25. The van der Waals surface area contributed by atoms with E-state index in [0.29, 0.717) is 0 Å². The molecule has 0 bridgehead atoms. The molecular weight excluding hydrogens is 204 g/mol. The lowest BCUT2D eigenvalue weighted by atomic mass is 9.71. The minimum atomic E-state index is -0.537. The number of ether oxygens (including phenoxy) is 2. The van der Waals surface area contributed by atoms with E-state index in [1.807, 2.05) is 26.0 Å². The maximum atomic E-state index is 9.96. The van der Waals surface area contributed by atoms with Gasteiger partial charge in [0.15, 0.2) is 5.79 Å². The van der Waals surface area contributed by atoms with E-state index >= 15 is 0 Å². The van der Waals surface area contributed by atoms with Crippen molar-refractivity contribution in [2.24, 2.45) is 11.8 Å². The van der Waals surface area contributed by atoms with Crippen LogP contribution >= 0.6 is 0 Å². The molecule has 0 spiro atoms. The molecule has 16 heavy (non-hydrogen) atoms. The van der Waals surface area contributed by atoms with Crippen molar-refractivity contribution in [1.82, 2.24) is 0 Å². The number of hydrogen-bond donors (Lipinski definition) is 1. The van der Waals surface area contributed by atoms with Crippen molar-refractivity contribution < 1.29 is 14.6 Å². The highest BCUT2D eigenvalue weighted by atomic mass is 16.7. The zero-order chi connectivity index (χ0) is 11.3. The van der Waals surface area contributed by atoms with Crippen LogP contribution in [0.25, 0.3) is 0 Å². The van der Waals surface area contributed by atoms with E-state index in [1.54, 1.807) is 0 Å². The Bertz CT molecular complexity index is 345. The van der Waals surface area contributed by atoms with Gasteiger partial charge in [-0.25, -0.2) is 0 Å². The molecule has 1 N–H and O–H groups in total. The van der Waals surface area contributed by atoms with Gasteiger partial charge in [-0.1, -0.05) is 24.3 Å². The molecule has 0 aromatic rings. The van der Waals surface area contributed by atoms with Crippen LogP contribution in [0.5, 0.6) is 0 Å². The lowest BCUT2D eigenvalue weighted by molar-refractivity contribution is -0.313. The third-order valence-electron chi connectivity index (χ3n) is 3.76. The fraction of sp³-hybridized carbons (Fsp3) is 0.692. The highest BCUT2D eigenvalue weighted by molar-refractivity contribution is 5.17. The van der Waals surface area contributed by atoms with Crippen LogP contribution in [0.1, 0.15) is 20.3 Å². The summed E-state index contributed by atoms with van der Waals surface area (Å²) in [5.41, 5.74) is 0. The van der Waals surface area contributed by atoms with E-state index < -0.39 is 5.79 Å². The van der Waals surface area contributed by atoms with Gasteiger partial charge in [-0.3, -0.25) is 0 Å². The number of aliphatic hydroxyl groups excluding tert-OH is 1. The summed E-state index contributed by atoms with van der Waals surface area (Å²) in [6.07, 6.45) is 8.79. The maximum absolute atomic E-state index is 9.96. The molecule has 1 heterocycles. The van der Waals surface area contributed by atoms with Crippen LogP contribution in [0.15, 0.2) is 24.3 Å². The highest BCUT2D eigenvalue weighted by Crippen LogP contribution is 2.43. The molecule has 1 aliphatic heterocycles. The van der Waals surface area contributed by atoms with Gasteiger partial charge in [0.1, 0.15) is 0 Å². The summed E-state index contributed by atoms with van der Waals surface area (Å²) in [6, 6.07) is 0. The van der Waals surface area contributed by atoms with Gasteiger partial charge in [0, 0.05) is 11.8 Å². The van der Waals surface area contributed by atoms with Crippen LogP contribution in [-0.2, 0) is 9.47 Å². The molecule has 5 atom stereocenters. The van der Waals surface area contributed by atoms with Crippen LogP contribution in [0.2, 0.25) is 0 Å². The number of rotatable bonds is 0. The molecule has 0 amide bonds. The summed E-state index contributed by atoms with van der Waals surface area (Å²) in [5.74, 6) is -0.0378.